The fraction of sp³-hybridized carbons (Fsp3) is 0.600. The molecule has 0 aliphatic carbocycles. The van der Waals surface area contributed by atoms with Crippen LogP contribution >= 0.6 is 0 Å². The zero-order valence-corrected chi connectivity index (χ0v) is 11.7. The van der Waals surface area contributed by atoms with E-state index in [0.29, 0.717) is 12.3 Å². The van der Waals surface area contributed by atoms with Crippen molar-refractivity contribution in [1.29, 1.82) is 0 Å². The van der Waals surface area contributed by atoms with Gasteiger partial charge in [-0.05, 0) is 37.9 Å². The van der Waals surface area contributed by atoms with Crippen molar-refractivity contribution >= 4 is 5.69 Å². The average Bonchev–Trinajstić information content (AvgIpc) is 2.42. The summed E-state index contributed by atoms with van der Waals surface area (Å²) >= 11 is 0. The van der Waals surface area contributed by atoms with E-state index in [1.807, 2.05) is 24.3 Å². The van der Waals surface area contributed by atoms with Gasteiger partial charge >= 0.3 is 0 Å². The number of nitrogens with zero attached hydrogens (tertiary/aromatic N) is 1. The number of benzene rings is 1. The lowest BCUT2D eigenvalue weighted by Gasteiger charge is -2.27. The summed E-state index contributed by atoms with van der Waals surface area (Å²) in [5.74, 6) is 1.54. The Morgan fingerprint density at radius 3 is 2.79 bits per heavy atom. The predicted octanol–water partition coefficient (Wildman–Crippen LogP) is 2.01. The maximum atomic E-state index is 5.83. The monoisotopic (exact) mass is 264 g/mol. The van der Waals surface area contributed by atoms with E-state index in [4.69, 9.17) is 15.2 Å². The first kappa shape index (κ1) is 14.2. The molecule has 0 aromatic heterocycles. The number of anilines is 1. The van der Waals surface area contributed by atoms with Gasteiger partial charge in [0.15, 0.2) is 0 Å². The highest BCUT2D eigenvalue weighted by Crippen LogP contribution is 2.19. The summed E-state index contributed by atoms with van der Waals surface area (Å²) in [6.45, 7) is 4.54. The topological polar surface area (TPSA) is 47.7 Å². The molecule has 0 saturated carbocycles. The Kier molecular flexibility index (Phi) is 5.48. The number of nitrogen functional groups attached to an aromatic ring is 1. The van der Waals surface area contributed by atoms with Crippen LogP contribution in [0, 0.1) is 5.92 Å². The summed E-state index contributed by atoms with van der Waals surface area (Å²) in [5, 5.41) is 0. The Morgan fingerprint density at radius 1 is 1.32 bits per heavy atom. The number of hydrogen-bond donors (Lipinski definition) is 1. The number of hydrogen-bond acceptors (Lipinski definition) is 4. The van der Waals surface area contributed by atoms with E-state index < -0.39 is 0 Å². The van der Waals surface area contributed by atoms with Gasteiger partial charge in [-0.3, -0.25) is 0 Å². The van der Waals surface area contributed by atoms with Crippen LogP contribution in [0.5, 0.6) is 5.75 Å². The first-order valence-corrected chi connectivity index (χ1v) is 6.99. The molecule has 0 spiro atoms. The normalized spacial score (nSPS) is 16.7. The second-order valence-corrected chi connectivity index (χ2v) is 5.20. The molecule has 0 amide bonds. The molecular weight excluding hydrogens is 240 g/mol. The number of rotatable bonds is 6. The van der Waals surface area contributed by atoms with Crippen molar-refractivity contribution in [2.24, 2.45) is 5.92 Å². The first-order valence-electron chi connectivity index (χ1n) is 6.99. The Morgan fingerprint density at radius 2 is 2.05 bits per heavy atom. The van der Waals surface area contributed by atoms with Crippen molar-refractivity contribution < 1.29 is 9.47 Å². The van der Waals surface area contributed by atoms with Gasteiger partial charge in [-0.25, -0.2) is 0 Å². The number of ether oxygens (including phenoxy) is 2. The van der Waals surface area contributed by atoms with Crippen molar-refractivity contribution in [3.63, 3.8) is 0 Å². The molecule has 106 valence electrons. The van der Waals surface area contributed by atoms with Crippen LogP contribution in [0.2, 0.25) is 0 Å². The lowest BCUT2D eigenvalue weighted by Crippen LogP contribution is -2.32. The molecule has 1 heterocycles. The largest absolute Gasteiger partial charge is 0.490 e. The molecular formula is C15H24N2O2. The lowest BCUT2D eigenvalue weighted by atomic mass is 10.00. The van der Waals surface area contributed by atoms with Crippen LogP contribution in [0.4, 0.5) is 5.69 Å². The SMILES string of the molecule is CN(CCOc1ccccc1N)CC1CCOCC1. The van der Waals surface area contributed by atoms with Crippen LogP contribution in [0.15, 0.2) is 24.3 Å². The molecule has 4 nitrogen and oxygen atoms in total. The molecule has 0 atom stereocenters. The van der Waals surface area contributed by atoms with Gasteiger partial charge in [-0.2, -0.15) is 0 Å². The van der Waals surface area contributed by atoms with Gasteiger partial charge in [0, 0.05) is 26.3 Å². The summed E-state index contributed by atoms with van der Waals surface area (Å²) in [4.78, 5) is 2.33. The van der Waals surface area contributed by atoms with Crippen molar-refractivity contribution in [3.05, 3.63) is 24.3 Å². The molecule has 1 fully saturated rings. The zero-order chi connectivity index (χ0) is 13.5. The minimum atomic E-state index is 0.675. The molecule has 0 radical (unpaired) electrons. The zero-order valence-electron chi connectivity index (χ0n) is 11.7. The molecule has 1 aliphatic heterocycles. The van der Waals surface area contributed by atoms with E-state index in [0.717, 1.165) is 38.0 Å². The van der Waals surface area contributed by atoms with Crippen LogP contribution in [0.25, 0.3) is 0 Å². The van der Waals surface area contributed by atoms with Gasteiger partial charge in [0.25, 0.3) is 0 Å². The Bertz CT molecular complexity index is 378. The van der Waals surface area contributed by atoms with E-state index in [1.54, 1.807) is 0 Å². The molecule has 1 aliphatic rings. The molecule has 4 heteroatoms. The molecule has 0 unspecified atom stereocenters. The van der Waals surface area contributed by atoms with Gasteiger partial charge in [0.1, 0.15) is 12.4 Å². The predicted molar refractivity (Wildman–Crippen MR) is 77.4 cm³/mol. The molecule has 2 N–H and O–H groups in total. The fourth-order valence-electron chi connectivity index (χ4n) is 2.38. The van der Waals surface area contributed by atoms with Gasteiger partial charge in [0.05, 0.1) is 5.69 Å². The fourth-order valence-corrected chi connectivity index (χ4v) is 2.38. The number of likely N-dealkylation sites (N-methyl/N-ethyl adjacent to an activating group) is 1. The Balaban J connectivity index is 1.66. The molecule has 2 rings (SSSR count). The second kappa shape index (κ2) is 7.36. The van der Waals surface area contributed by atoms with E-state index in [1.165, 1.54) is 12.8 Å². The Labute approximate surface area is 115 Å². The smallest absolute Gasteiger partial charge is 0.142 e. The van der Waals surface area contributed by atoms with Crippen LogP contribution in [-0.4, -0.2) is 44.9 Å². The van der Waals surface area contributed by atoms with Crippen LogP contribution < -0.4 is 10.5 Å². The van der Waals surface area contributed by atoms with E-state index in [2.05, 4.69) is 11.9 Å². The minimum Gasteiger partial charge on any atom is -0.490 e. The van der Waals surface area contributed by atoms with Crippen LogP contribution in [0.3, 0.4) is 0 Å². The highest BCUT2D eigenvalue weighted by molar-refractivity contribution is 5.51. The third-order valence-corrected chi connectivity index (χ3v) is 3.56. The quantitative estimate of drug-likeness (QED) is 0.798. The third kappa shape index (κ3) is 4.73. The third-order valence-electron chi connectivity index (χ3n) is 3.56. The highest BCUT2D eigenvalue weighted by atomic mass is 16.5. The summed E-state index contributed by atoms with van der Waals surface area (Å²) in [5.41, 5.74) is 6.54. The average molecular weight is 264 g/mol. The summed E-state index contributed by atoms with van der Waals surface area (Å²) in [7, 11) is 2.15. The van der Waals surface area contributed by atoms with Crippen LogP contribution in [0.1, 0.15) is 12.8 Å². The van der Waals surface area contributed by atoms with Crippen molar-refractivity contribution in [1.82, 2.24) is 4.90 Å². The highest BCUT2D eigenvalue weighted by Gasteiger charge is 2.15. The molecule has 1 aromatic rings. The summed E-state index contributed by atoms with van der Waals surface area (Å²) in [6, 6.07) is 7.63. The van der Waals surface area contributed by atoms with Gasteiger partial charge < -0.3 is 20.1 Å². The standard InChI is InChI=1S/C15H24N2O2/c1-17(12-13-6-9-18-10-7-13)8-11-19-15-5-3-2-4-14(15)16/h2-5,13H,6-12,16H2,1H3. The van der Waals surface area contributed by atoms with Gasteiger partial charge in [-0.1, -0.05) is 12.1 Å². The second-order valence-electron chi connectivity index (χ2n) is 5.20. The maximum absolute atomic E-state index is 5.83. The molecule has 0 bridgehead atoms. The van der Waals surface area contributed by atoms with Crippen molar-refractivity contribution in [2.75, 3.05) is 45.7 Å². The number of para-hydroxylation sites is 2. The van der Waals surface area contributed by atoms with Crippen molar-refractivity contribution in [2.45, 2.75) is 12.8 Å². The van der Waals surface area contributed by atoms with E-state index in [9.17, 15) is 0 Å². The first-order chi connectivity index (χ1) is 9.25. The van der Waals surface area contributed by atoms with Crippen molar-refractivity contribution in [3.8, 4) is 5.75 Å². The Hall–Kier alpha value is -1.26. The molecule has 1 aromatic carbocycles. The van der Waals surface area contributed by atoms with E-state index in [-0.39, 0.29) is 0 Å². The van der Waals surface area contributed by atoms with Crippen LogP contribution in [-0.2, 0) is 4.74 Å². The van der Waals surface area contributed by atoms with Gasteiger partial charge in [0.2, 0.25) is 0 Å². The summed E-state index contributed by atoms with van der Waals surface area (Å²) < 4.78 is 11.1. The maximum Gasteiger partial charge on any atom is 0.142 e. The summed E-state index contributed by atoms with van der Waals surface area (Å²) in [6.07, 6.45) is 2.35. The molecule has 1 saturated heterocycles. The minimum absolute atomic E-state index is 0.675. The molecule has 19 heavy (non-hydrogen) atoms. The lowest BCUT2D eigenvalue weighted by molar-refractivity contribution is 0.0543. The van der Waals surface area contributed by atoms with E-state index >= 15 is 0 Å². The van der Waals surface area contributed by atoms with Gasteiger partial charge in [-0.15, -0.1) is 0 Å². The number of nitrogens with two attached hydrogens (primary N) is 1.